The Balaban J connectivity index is 2.11. The molecule has 0 amide bonds. The highest BCUT2D eigenvalue weighted by Gasteiger charge is 2.28. The van der Waals surface area contributed by atoms with E-state index in [0.29, 0.717) is 5.92 Å². The maximum absolute atomic E-state index is 6.51. The summed E-state index contributed by atoms with van der Waals surface area (Å²) in [6, 6.07) is 19.5. The number of benzene rings is 2. The molecule has 0 aliphatic heterocycles. The molecule has 2 N–H and O–H groups in total. The number of rotatable bonds is 5. The Kier molecular flexibility index (Phi) is 4.84. The van der Waals surface area contributed by atoms with E-state index in [1.165, 1.54) is 16.7 Å². The van der Waals surface area contributed by atoms with E-state index in [-0.39, 0.29) is 11.5 Å². The van der Waals surface area contributed by atoms with E-state index in [9.17, 15) is 0 Å². The lowest BCUT2D eigenvalue weighted by atomic mass is 9.76. The van der Waals surface area contributed by atoms with Crippen LogP contribution in [0.15, 0.2) is 54.6 Å². The second-order valence-electron chi connectivity index (χ2n) is 6.79. The van der Waals surface area contributed by atoms with Gasteiger partial charge in [0.15, 0.2) is 0 Å². The van der Waals surface area contributed by atoms with Gasteiger partial charge < -0.3 is 5.73 Å². The van der Waals surface area contributed by atoms with Crippen molar-refractivity contribution >= 4 is 0 Å². The maximum atomic E-state index is 6.51. The van der Waals surface area contributed by atoms with Gasteiger partial charge in [-0.25, -0.2) is 0 Å². The first-order valence-corrected chi connectivity index (χ1v) is 7.81. The van der Waals surface area contributed by atoms with Crippen molar-refractivity contribution < 1.29 is 0 Å². The van der Waals surface area contributed by atoms with E-state index in [2.05, 4.69) is 82.3 Å². The van der Waals surface area contributed by atoms with Crippen molar-refractivity contribution in [3.63, 3.8) is 0 Å². The normalized spacial score (nSPS) is 13.4. The van der Waals surface area contributed by atoms with Crippen LogP contribution in [0.2, 0.25) is 0 Å². The number of hydrogen-bond donors (Lipinski definition) is 1. The minimum atomic E-state index is -0.0298. The molecule has 21 heavy (non-hydrogen) atoms. The molecule has 2 rings (SSSR count). The lowest BCUT2D eigenvalue weighted by molar-refractivity contribution is 0.406. The Morgan fingerprint density at radius 3 is 2.00 bits per heavy atom. The van der Waals surface area contributed by atoms with Gasteiger partial charge in [0.05, 0.1) is 0 Å². The molecule has 1 atom stereocenters. The van der Waals surface area contributed by atoms with Crippen LogP contribution in [-0.2, 0) is 11.8 Å². The lowest BCUT2D eigenvalue weighted by Gasteiger charge is -2.32. The number of nitrogens with two attached hydrogens (primary N) is 1. The van der Waals surface area contributed by atoms with Crippen molar-refractivity contribution in [1.82, 2.24) is 0 Å². The molecule has 0 aliphatic rings. The summed E-state index contributed by atoms with van der Waals surface area (Å²) < 4.78 is 0. The van der Waals surface area contributed by atoms with E-state index in [0.717, 1.165) is 6.42 Å². The van der Waals surface area contributed by atoms with Gasteiger partial charge in [-0.3, -0.25) is 0 Å². The standard InChI is InChI=1S/C20H27N/c1-15(2)17-12-10-16(11-13-17)14-19(21)20(3,4)18-8-6-5-7-9-18/h5-13,15,19H,14,21H2,1-4H3. The van der Waals surface area contributed by atoms with Crippen molar-refractivity contribution in [3.8, 4) is 0 Å². The van der Waals surface area contributed by atoms with Crippen molar-refractivity contribution in [2.24, 2.45) is 5.73 Å². The van der Waals surface area contributed by atoms with Gasteiger partial charge in [-0.15, -0.1) is 0 Å². The molecule has 2 aromatic carbocycles. The van der Waals surface area contributed by atoms with Crippen LogP contribution in [0.5, 0.6) is 0 Å². The van der Waals surface area contributed by atoms with Crippen molar-refractivity contribution in [2.45, 2.75) is 51.5 Å². The van der Waals surface area contributed by atoms with Crippen LogP contribution in [0, 0.1) is 0 Å². The summed E-state index contributed by atoms with van der Waals surface area (Å²) in [7, 11) is 0. The fraction of sp³-hybridized carbons (Fsp3) is 0.400. The molecule has 0 radical (unpaired) electrons. The second-order valence-corrected chi connectivity index (χ2v) is 6.79. The third-order valence-electron chi connectivity index (χ3n) is 4.55. The molecular formula is C20H27N. The van der Waals surface area contributed by atoms with Crippen LogP contribution in [-0.4, -0.2) is 6.04 Å². The SMILES string of the molecule is CC(C)c1ccc(CC(N)C(C)(C)c2ccccc2)cc1. The van der Waals surface area contributed by atoms with Gasteiger partial charge in [-0.05, 0) is 29.0 Å². The quantitative estimate of drug-likeness (QED) is 0.847. The minimum Gasteiger partial charge on any atom is -0.327 e. The summed E-state index contributed by atoms with van der Waals surface area (Å²) in [6.07, 6.45) is 0.903. The molecule has 2 aromatic rings. The molecule has 1 nitrogen and oxygen atoms in total. The van der Waals surface area contributed by atoms with Crippen molar-refractivity contribution in [2.75, 3.05) is 0 Å². The van der Waals surface area contributed by atoms with E-state index in [4.69, 9.17) is 5.73 Å². The maximum Gasteiger partial charge on any atom is 0.0172 e. The molecule has 0 spiro atoms. The Morgan fingerprint density at radius 2 is 1.48 bits per heavy atom. The van der Waals surface area contributed by atoms with Crippen LogP contribution >= 0.6 is 0 Å². The average Bonchev–Trinajstić information content (AvgIpc) is 2.48. The third kappa shape index (κ3) is 3.74. The molecule has 1 unspecified atom stereocenters. The Morgan fingerprint density at radius 1 is 0.905 bits per heavy atom. The number of hydrogen-bond acceptors (Lipinski definition) is 1. The highest BCUT2D eigenvalue weighted by molar-refractivity contribution is 5.29. The average molecular weight is 281 g/mol. The van der Waals surface area contributed by atoms with Crippen molar-refractivity contribution in [3.05, 3.63) is 71.3 Å². The van der Waals surface area contributed by atoms with Crippen LogP contribution in [0.4, 0.5) is 0 Å². The largest absolute Gasteiger partial charge is 0.327 e. The first kappa shape index (κ1) is 15.8. The first-order chi connectivity index (χ1) is 9.91. The van der Waals surface area contributed by atoms with Gasteiger partial charge in [-0.2, -0.15) is 0 Å². The predicted molar refractivity (Wildman–Crippen MR) is 91.7 cm³/mol. The topological polar surface area (TPSA) is 26.0 Å². The molecular weight excluding hydrogens is 254 g/mol. The molecule has 0 heterocycles. The molecule has 1 heteroatoms. The minimum absolute atomic E-state index is 0.0298. The van der Waals surface area contributed by atoms with E-state index in [1.807, 2.05) is 0 Å². The first-order valence-electron chi connectivity index (χ1n) is 7.81. The van der Waals surface area contributed by atoms with Gasteiger partial charge in [-0.1, -0.05) is 82.3 Å². The highest BCUT2D eigenvalue weighted by Crippen LogP contribution is 2.28. The Bertz CT molecular complexity index is 552. The Labute approximate surface area is 129 Å². The summed E-state index contributed by atoms with van der Waals surface area (Å²) in [5, 5.41) is 0. The van der Waals surface area contributed by atoms with E-state index < -0.39 is 0 Å². The van der Waals surface area contributed by atoms with Gasteiger partial charge in [0.1, 0.15) is 0 Å². The molecule has 0 fully saturated rings. The lowest BCUT2D eigenvalue weighted by Crippen LogP contribution is -2.42. The summed E-state index contributed by atoms with van der Waals surface area (Å²) in [6.45, 7) is 8.91. The summed E-state index contributed by atoms with van der Waals surface area (Å²) in [5.41, 5.74) is 10.5. The van der Waals surface area contributed by atoms with Gasteiger partial charge >= 0.3 is 0 Å². The molecule has 112 valence electrons. The van der Waals surface area contributed by atoms with Gasteiger partial charge in [0.2, 0.25) is 0 Å². The molecule has 0 aliphatic carbocycles. The van der Waals surface area contributed by atoms with Crippen LogP contribution < -0.4 is 5.73 Å². The summed E-state index contributed by atoms with van der Waals surface area (Å²) in [4.78, 5) is 0. The zero-order valence-electron chi connectivity index (χ0n) is 13.6. The highest BCUT2D eigenvalue weighted by atomic mass is 14.7. The smallest absolute Gasteiger partial charge is 0.0172 e. The third-order valence-corrected chi connectivity index (χ3v) is 4.55. The molecule has 0 aromatic heterocycles. The van der Waals surface area contributed by atoms with E-state index >= 15 is 0 Å². The summed E-state index contributed by atoms with van der Waals surface area (Å²) in [5.74, 6) is 0.577. The zero-order valence-corrected chi connectivity index (χ0v) is 13.6. The Hall–Kier alpha value is -1.60. The predicted octanol–water partition coefficient (Wildman–Crippen LogP) is 4.66. The van der Waals surface area contributed by atoms with Crippen LogP contribution in [0.1, 0.15) is 50.3 Å². The second kappa shape index (κ2) is 6.44. The van der Waals surface area contributed by atoms with Gasteiger partial charge in [0.25, 0.3) is 0 Å². The van der Waals surface area contributed by atoms with Crippen molar-refractivity contribution in [1.29, 1.82) is 0 Å². The fourth-order valence-corrected chi connectivity index (χ4v) is 2.63. The summed E-state index contributed by atoms with van der Waals surface area (Å²) >= 11 is 0. The molecule has 0 saturated carbocycles. The van der Waals surface area contributed by atoms with Gasteiger partial charge in [0, 0.05) is 11.5 Å². The molecule has 0 saturated heterocycles. The van der Waals surface area contributed by atoms with E-state index in [1.54, 1.807) is 0 Å². The fourth-order valence-electron chi connectivity index (χ4n) is 2.63. The van der Waals surface area contributed by atoms with Crippen LogP contribution in [0.25, 0.3) is 0 Å². The van der Waals surface area contributed by atoms with Crippen LogP contribution in [0.3, 0.4) is 0 Å². The molecule has 0 bridgehead atoms. The monoisotopic (exact) mass is 281 g/mol. The zero-order chi connectivity index (χ0) is 15.5.